The Morgan fingerprint density at radius 2 is 2.11 bits per heavy atom. The minimum atomic E-state index is -0.0971. The molecule has 3 rings (SSSR count). The lowest BCUT2D eigenvalue weighted by Crippen LogP contribution is -2.08. The highest BCUT2D eigenvalue weighted by Crippen LogP contribution is 2.30. The van der Waals surface area contributed by atoms with Crippen molar-refractivity contribution in [3.05, 3.63) is 41.9 Å². The first-order valence-corrected chi connectivity index (χ1v) is 6.42. The topological polar surface area (TPSA) is 46.4 Å². The van der Waals surface area contributed by atoms with Crippen LogP contribution in [-0.2, 0) is 4.79 Å². The van der Waals surface area contributed by atoms with Crippen LogP contribution in [0.3, 0.4) is 0 Å². The third-order valence-electron chi connectivity index (χ3n) is 2.60. The smallest absolute Gasteiger partial charge is 0.222 e. The van der Waals surface area contributed by atoms with E-state index in [4.69, 9.17) is 0 Å². The summed E-state index contributed by atoms with van der Waals surface area (Å²) in [5.41, 5.74) is 1.80. The van der Waals surface area contributed by atoms with Crippen LogP contribution >= 0.6 is 11.3 Å². The van der Waals surface area contributed by atoms with Gasteiger partial charge in [0, 0.05) is 24.1 Å². The Morgan fingerprint density at radius 1 is 1.33 bits per heavy atom. The van der Waals surface area contributed by atoms with E-state index in [0.717, 1.165) is 22.0 Å². The summed E-state index contributed by atoms with van der Waals surface area (Å²) >= 11 is 1.54. The highest BCUT2D eigenvalue weighted by molar-refractivity contribution is 7.15. The van der Waals surface area contributed by atoms with Crippen LogP contribution in [0.2, 0.25) is 0 Å². The number of amides is 1. The average Bonchev–Trinajstić information content (AvgIpc) is 2.93. The molecular weight excluding hydrogens is 246 g/mol. The van der Waals surface area contributed by atoms with Crippen molar-refractivity contribution < 1.29 is 4.79 Å². The van der Waals surface area contributed by atoms with Crippen molar-refractivity contribution >= 4 is 28.0 Å². The van der Waals surface area contributed by atoms with E-state index >= 15 is 0 Å². The molecule has 0 bridgehead atoms. The van der Waals surface area contributed by atoms with Gasteiger partial charge in [-0.25, -0.2) is 4.98 Å². The van der Waals surface area contributed by atoms with E-state index in [1.807, 2.05) is 46.3 Å². The van der Waals surface area contributed by atoms with Gasteiger partial charge in [-0.1, -0.05) is 30.3 Å². The number of fused-ring (bicyclic) bond motifs is 1. The summed E-state index contributed by atoms with van der Waals surface area (Å²) in [6, 6.07) is 9.84. The quantitative estimate of drug-likeness (QED) is 0.767. The number of carbonyl (C=O) groups is 1. The van der Waals surface area contributed by atoms with Gasteiger partial charge in [0.15, 0.2) is 4.96 Å². The number of rotatable bonds is 2. The van der Waals surface area contributed by atoms with Crippen LogP contribution in [0.15, 0.2) is 41.9 Å². The fourth-order valence-electron chi connectivity index (χ4n) is 1.87. The molecule has 0 unspecified atom stereocenters. The molecule has 1 N–H and O–H groups in total. The zero-order valence-corrected chi connectivity index (χ0v) is 10.6. The molecule has 1 aromatic carbocycles. The second kappa shape index (κ2) is 4.27. The summed E-state index contributed by atoms with van der Waals surface area (Å²) < 4.78 is 1.90. The minimum Gasteiger partial charge on any atom is -0.310 e. The van der Waals surface area contributed by atoms with Crippen molar-refractivity contribution in [2.45, 2.75) is 6.92 Å². The highest BCUT2D eigenvalue weighted by Gasteiger charge is 2.15. The molecule has 18 heavy (non-hydrogen) atoms. The number of benzene rings is 1. The molecule has 0 spiro atoms. The number of nitrogens with one attached hydrogen (secondary N) is 1. The maximum absolute atomic E-state index is 11.3. The van der Waals surface area contributed by atoms with Crippen molar-refractivity contribution in [2.24, 2.45) is 0 Å². The SMILES string of the molecule is CC(=O)Nc1c(-c2ccccc2)nc2sccn12. The standard InChI is InChI=1S/C13H11N3OS/c1-9(17)14-12-11(10-5-3-2-4-6-10)15-13-16(12)7-8-18-13/h2-8H,1H3,(H,14,17). The average molecular weight is 257 g/mol. The van der Waals surface area contributed by atoms with Gasteiger partial charge in [-0.05, 0) is 0 Å². The second-order valence-corrected chi connectivity index (χ2v) is 4.78. The van der Waals surface area contributed by atoms with Crippen LogP contribution in [0.5, 0.6) is 0 Å². The maximum atomic E-state index is 11.3. The molecule has 0 aliphatic carbocycles. The zero-order chi connectivity index (χ0) is 12.5. The largest absolute Gasteiger partial charge is 0.310 e. The van der Waals surface area contributed by atoms with Crippen LogP contribution in [0, 0.1) is 0 Å². The van der Waals surface area contributed by atoms with Crippen molar-refractivity contribution in [2.75, 3.05) is 5.32 Å². The lowest BCUT2D eigenvalue weighted by atomic mass is 10.1. The van der Waals surface area contributed by atoms with Crippen LogP contribution < -0.4 is 5.32 Å². The van der Waals surface area contributed by atoms with E-state index in [1.54, 1.807) is 11.3 Å². The molecule has 0 radical (unpaired) electrons. The summed E-state index contributed by atoms with van der Waals surface area (Å²) in [6.45, 7) is 1.50. The molecular formula is C13H11N3OS. The summed E-state index contributed by atoms with van der Waals surface area (Å²) in [6.07, 6.45) is 1.91. The molecule has 5 heteroatoms. The van der Waals surface area contributed by atoms with Crippen LogP contribution in [0.4, 0.5) is 5.82 Å². The number of imidazole rings is 1. The van der Waals surface area contributed by atoms with Crippen molar-refractivity contribution in [3.8, 4) is 11.3 Å². The predicted molar refractivity (Wildman–Crippen MR) is 72.8 cm³/mol. The molecule has 2 aromatic heterocycles. The zero-order valence-electron chi connectivity index (χ0n) is 9.75. The normalized spacial score (nSPS) is 10.7. The van der Waals surface area contributed by atoms with Gasteiger partial charge in [-0.3, -0.25) is 9.20 Å². The Morgan fingerprint density at radius 3 is 2.83 bits per heavy atom. The molecule has 0 aliphatic rings. The maximum Gasteiger partial charge on any atom is 0.222 e. The first-order valence-electron chi connectivity index (χ1n) is 5.54. The lowest BCUT2D eigenvalue weighted by Gasteiger charge is -2.04. The highest BCUT2D eigenvalue weighted by atomic mass is 32.1. The van der Waals surface area contributed by atoms with Gasteiger partial charge in [0.05, 0.1) is 0 Å². The molecule has 0 saturated carbocycles. The summed E-state index contributed by atoms with van der Waals surface area (Å²) in [5.74, 6) is 0.630. The van der Waals surface area contributed by atoms with Gasteiger partial charge >= 0.3 is 0 Å². The Kier molecular flexibility index (Phi) is 2.60. The number of anilines is 1. The van der Waals surface area contributed by atoms with Crippen molar-refractivity contribution in [3.63, 3.8) is 0 Å². The fourth-order valence-corrected chi connectivity index (χ4v) is 2.58. The molecule has 2 heterocycles. The molecule has 3 aromatic rings. The molecule has 0 saturated heterocycles. The van der Waals surface area contributed by atoms with Crippen molar-refractivity contribution in [1.29, 1.82) is 0 Å². The summed E-state index contributed by atoms with van der Waals surface area (Å²) in [7, 11) is 0. The Labute approximate surface area is 108 Å². The third kappa shape index (κ3) is 1.78. The van der Waals surface area contributed by atoms with Gasteiger partial charge < -0.3 is 5.32 Å². The minimum absolute atomic E-state index is 0.0971. The Bertz CT molecular complexity index is 699. The number of hydrogen-bond donors (Lipinski definition) is 1. The summed E-state index contributed by atoms with van der Waals surface area (Å²) in [4.78, 5) is 16.7. The number of carbonyl (C=O) groups excluding carboxylic acids is 1. The van der Waals surface area contributed by atoms with E-state index in [9.17, 15) is 4.79 Å². The molecule has 0 aliphatic heterocycles. The monoisotopic (exact) mass is 257 g/mol. The van der Waals surface area contributed by atoms with E-state index in [2.05, 4.69) is 10.3 Å². The Hall–Kier alpha value is -2.14. The van der Waals surface area contributed by atoms with Gasteiger partial charge in [-0.15, -0.1) is 11.3 Å². The predicted octanol–water partition coefficient (Wildman–Crippen LogP) is 3.02. The first-order chi connectivity index (χ1) is 8.75. The van der Waals surface area contributed by atoms with Crippen LogP contribution in [-0.4, -0.2) is 15.3 Å². The summed E-state index contributed by atoms with van der Waals surface area (Å²) in [5, 5.41) is 4.80. The van der Waals surface area contributed by atoms with Crippen molar-refractivity contribution in [1.82, 2.24) is 9.38 Å². The van der Waals surface area contributed by atoms with Gasteiger partial charge in [0.25, 0.3) is 0 Å². The molecule has 1 amide bonds. The molecule has 0 atom stereocenters. The van der Waals surface area contributed by atoms with Crippen LogP contribution in [0.25, 0.3) is 16.2 Å². The Balaban J connectivity index is 2.21. The number of thiazole rings is 1. The van der Waals surface area contributed by atoms with E-state index in [0.29, 0.717) is 0 Å². The van der Waals surface area contributed by atoms with Gasteiger partial charge in [-0.2, -0.15) is 0 Å². The lowest BCUT2D eigenvalue weighted by molar-refractivity contribution is -0.114. The van der Waals surface area contributed by atoms with Crippen LogP contribution in [0.1, 0.15) is 6.92 Å². The molecule has 4 nitrogen and oxygen atoms in total. The fraction of sp³-hybridized carbons (Fsp3) is 0.0769. The molecule has 0 fully saturated rings. The first kappa shape index (κ1) is 11.0. The number of hydrogen-bond acceptors (Lipinski definition) is 3. The van der Waals surface area contributed by atoms with E-state index < -0.39 is 0 Å². The number of nitrogens with zero attached hydrogens (tertiary/aromatic N) is 2. The second-order valence-electron chi connectivity index (χ2n) is 3.91. The third-order valence-corrected chi connectivity index (χ3v) is 3.36. The van der Waals surface area contributed by atoms with Gasteiger partial charge in [0.2, 0.25) is 5.91 Å². The van der Waals surface area contributed by atoms with E-state index in [-0.39, 0.29) is 5.91 Å². The molecule has 90 valence electrons. The van der Waals surface area contributed by atoms with Gasteiger partial charge in [0.1, 0.15) is 11.5 Å². The van der Waals surface area contributed by atoms with E-state index in [1.165, 1.54) is 6.92 Å². The number of aromatic nitrogens is 2.